The van der Waals surface area contributed by atoms with Gasteiger partial charge >= 0.3 is 0 Å². The van der Waals surface area contributed by atoms with Crippen LogP contribution in [0.5, 0.6) is 5.75 Å². The van der Waals surface area contributed by atoms with Gasteiger partial charge < -0.3 is 19.3 Å². The molecule has 1 fully saturated rings. The molecule has 34 heavy (non-hydrogen) atoms. The van der Waals surface area contributed by atoms with Crippen molar-refractivity contribution in [3.63, 3.8) is 0 Å². The van der Waals surface area contributed by atoms with Gasteiger partial charge in [0.15, 0.2) is 12.5 Å². The summed E-state index contributed by atoms with van der Waals surface area (Å²) in [7, 11) is 1.55. The number of hydrogen-bond acceptors (Lipinski definition) is 8. The molecule has 3 aromatic rings. The van der Waals surface area contributed by atoms with Crippen LogP contribution in [-0.4, -0.2) is 70.8 Å². The summed E-state index contributed by atoms with van der Waals surface area (Å²) in [4.78, 5) is 27.6. The van der Waals surface area contributed by atoms with Gasteiger partial charge in [0.1, 0.15) is 5.75 Å². The molecule has 0 N–H and O–H groups in total. The fraction of sp³-hybridized carbons (Fsp3) is 0.318. The van der Waals surface area contributed by atoms with Crippen LogP contribution in [0, 0.1) is 17.0 Å². The highest BCUT2D eigenvalue weighted by Crippen LogP contribution is 2.30. The number of benzene rings is 2. The molecule has 0 bridgehead atoms. The van der Waals surface area contributed by atoms with Crippen molar-refractivity contribution in [1.29, 1.82) is 0 Å². The molecule has 0 unspecified atom stereocenters. The molecule has 1 aliphatic rings. The van der Waals surface area contributed by atoms with Gasteiger partial charge in [0.2, 0.25) is 0 Å². The van der Waals surface area contributed by atoms with Crippen molar-refractivity contribution in [2.24, 2.45) is 0 Å². The number of carbonyl (C=O) groups is 1. The molecule has 0 aliphatic carbocycles. The second-order valence-electron chi connectivity index (χ2n) is 7.65. The Morgan fingerprint density at radius 3 is 2.47 bits per heavy atom. The van der Waals surface area contributed by atoms with E-state index >= 15 is 0 Å². The number of aryl methyl sites for hydroxylation is 1. The van der Waals surface area contributed by atoms with Crippen LogP contribution in [0.15, 0.2) is 42.5 Å². The van der Waals surface area contributed by atoms with Crippen LogP contribution in [-0.2, 0) is 4.74 Å². The third-order valence-corrected chi connectivity index (χ3v) is 5.82. The Hall–Kier alpha value is -3.70. The van der Waals surface area contributed by atoms with E-state index in [0.717, 1.165) is 0 Å². The summed E-state index contributed by atoms with van der Waals surface area (Å²) in [5, 5.41) is 19.5. The van der Waals surface area contributed by atoms with Gasteiger partial charge in [0, 0.05) is 45.4 Å². The molecule has 1 amide bonds. The van der Waals surface area contributed by atoms with Crippen molar-refractivity contribution < 1.29 is 19.2 Å². The molecule has 2 aromatic carbocycles. The number of halogens is 1. The lowest BCUT2D eigenvalue weighted by atomic mass is 10.2. The maximum atomic E-state index is 13.4. The zero-order valence-electron chi connectivity index (χ0n) is 18.7. The van der Waals surface area contributed by atoms with Crippen molar-refractivity contribution in [2.45, 2.75) is 6.92 Å². The number of carbonyl (C=O) groups excluding carboxylic acids is 1. The topological polar surface area (TPSA) is 116 Å². The summed E-state index contributed by atoms with van der Waals surface area (Å²) in [5.41, 5.74) is 2.26. The highest BCUT2D eigenvalue weighted by molar-refractivity contribution is 6.33. The zero-order chi connectivity index (χ0) is 24.2. The largest absolute Gasteiger partial charge is 0.468 e. The third kappa shape index (κ3) is 4.80. The average Bonchev–Trinajstić information content (AvgIpc) is 3.23. The van der Waals surface area contributed by atoms with E-state index in [9.17, 15) is 14.9 Å². The van der Waals surface area contributed by atoms with Gasteiger partial charge in [-0.2, -0.15) is 0 Å². The number of non-ortho nitro benzene ring substituents is 1. The van der Waals surface area contributed by atoms with E-state index in [1.807, 2.05) is 4.90 Å². The van der Waals surface area contributed by atoms with Crippen molar-refractivity contribution in [2.75, 3.05) is 45.0 Å². The van der Waals surface area contributed by atoms with Gasteiger partial charge in [0.25, 0.3) is 11.6 Å². The number of anilines is 1. The van der Waals surface area contributed by atoms with E-state index in [4.69, 9.17) is 21.1 Å². The Morgan fingerprint density at radius 1 is 1.15 bits per heavy atom. The molecule has 1 saturated heterocycles. The Labute approximate surface area is 200 Å². The molecule has 1 aromatic heterocycles. The molecular weight excluding hydrogens is 464 g/mol. The predicted octanol–water partition coefficient (Wildman–Crippen LogP) is 3.08. The molecule has 178 valence electrons. The Balaban J connectivity index is 1.47. The van der Waals surface area contributed by atoms with Crippen LogP contribution in [0.1, 0.15) is 16.2 Å². The van der Waals surface area contributed by atoms with Gasteiger partial charge in [-0.3, -0.25) is 14.9 Å². The number of rotatable bonds is 7. The van der Waals surface area contributed by atoms with Crippen molar-refractivity contribution in [3.8, 4) is 11.4 Å². The number of aromatic nitrogens is 3. The highest BCUT2D eigenvalue weighted by Gasteiger charge is 2.28. The van der Waals surface area contributed by atoms with Gasteiger partial charge in [0.05, 0.1) is 27.0 Å². The fourth-order valence-electron chi connectivity index (χ4n) is 3.76. The number of nitrogens with zero attached hydrogens (tertiary/aromatic N) is 6. The molecular formula is C22H23ClN6O5. The standard InChI is InChI=1S/C22H23ClN6O5/c1-15-21(28(25-24-15)16-3-6-18(7-4-16)34-14-33-2)22(30)27-11-9-26(10-12-27)20-8-5-17(29(31)32)13-19(20)23/h3-8,13H,9-12,14H2,1-2H3. The maximum absolute atomic E-state index is 13.4. The maximum Gasteiger partial charge on any atom is 0.274 e. The fourth-order valence-corrected chi connectivity index (χ4v) is 4.05. The number of nitro groups is 1. The van der Waals surface area contributed by atoms with Gasteiger partial charge in [-0.05, 0) is 37.3 Å². The van der Waals surface area contributed by atoms with E-state index in [1.165, 1.54) is 16.8 Å². The quantitative estimate of drug-likeness (QED) is 0.284. The van der Waals surface area contributed by atoms with E-state index in [0.29, 0.717) is 59.7 Å². The minimum absolute atomic E-state index is 0.0582. The second kappa shape index (κ2) is 10.1. The van der Waals surface area contributed by atoms with E-state index in [-0.39, 0.29) is 18.4 Å². The molecule has 0 saturated carbocycles. The van der Waals surface area contributed by atoms with E-state index in [2.05, 4.69) is 10.3 Å². The summed E-state index contributed by atoms with van der Waals surface area (Å²) < 4.78 is 11.8. The first kappa shape index (κ1) is 23.5. The number of hydrogen-bond donors (Lipinski definition) is 0. The predicted molar refractivity (Wildman–Crippen MR) is 125 cm³/mol. The number of methoxy groups -OCH3 is 1. The van der Waals surface area contributed by atoms with Crippen molar-refractivity contribution in [1.82, 2.24) is 19.9 Å². The lowest BCUT2D eigenvalue weighted by Crippen LogP contribution is -2.49. The van der Waals surface area contributed by atoms with Gasteiger partial charge in [-0.15, -0.1) is 5.10 Å². The monoisotopic (exact) mass is 486 g/mol. The molecule has 2 heterocycles. The Bertz CT molecular complexity index is 1190. The minimum Gasteiger partial charge on any atom is -0.468 e. The van der Waals surface area contributed by atoms with Gasteiger partial charge in [-0.25, -0.2) is 4.68 Å². The summed E-state index contributed by atoms with van der Waals surface area (Å²) in [6.07, 6.45) is 0. The van der Waals surface area contributed by atoms with Crippen LogP contribution >= 0.6 is 11.6 Å². The number of nitro benzene ring substituents is 1. The van der Waals surface area contributed by atoms with E-state index in [1.54, 1.807) is 49.3 Å². The van der Waals surface area contributed by atoms with Crippen molar-refractivity contribution in [3.05, 3.63) is 69.0 Å². The highest BCUT2D eigenvalue weighted by atomic mass is 35.5. The third-order valence-electron chi connectivity index (χ3n) is 5.52. The molecule has 0 radical (unpaired) electrons. The molecule has 11 nitrogen and oxygen atoms in total. The first-order valence-electron chi connectivity index (χ1n) is 10.5. The van der Waals surface area contributed by atoms with Crippen LogP contribution in [0.3, 0.4) is 0 Å². The summed E-state index contributed by atoms with van der Waals surface area (Å²) >= 11 is 6.27. The molecule has 0 atom stereocenters. The number of amides is 1. The summed E-state index contributed by atoms with van der Waals surface area (Å²) in [6, 6.07) is 11.5. The second-order valence-corrected chi connectivity index (χ2v) is 8.06. The lowest BCUT2D eigenvalue weighted by molar-refractivity contribution is -0.384. The molecule has 0 spiro atoms. The van der Waals surface area contributed by atoms with Crippen LogP contribution in [0.4, 0.5) is 11.4 Å². The molecule has 12 heteroatoms. The zero-order valence-corrected chi connectivity index (χ0v) is 19.4. The normalized spacial score (nSPS) is 13.7. The van der Waals surface area contributed by atoms with Crippen molar-refractivity contribution >= 4 is 28.9 Å². The first-order valence-corrected chi connectivity index (χ1v) is 10.9. The van der Waals surface area contributed by atoms with Gasteiger partial charge in [-0.1, -0.05) is 16.8 Å². The lowest BCUT2D eigenvalue weighted by Gasteiger charge is -2.36. The minimum atomic E-state index is -0.480. The first-order chi connectivity index (χ1) is 16.4. The Kier molecular flexibility index (Phi) is 6.94. The summed E-state index contributed by atoms with van der Waals surface area (Å²) in [5.74, 6) is 0.466. The number of ether oxygens (including phenoxy) is 2. The SMILES string of the molecule is COCOc1ccc(-n2nnc(C)c2C(=O)N2CCN(c3ccc([N+](=O)[O-])cc3Cl)CC2)cc1. The van der Waals surface area contributed by atoms with Crippen LogP contribution in [0.25, 0.3) is 5.69 Å². The Morgan fingerprint density at radius 2 is 1.85 bits per heavy atom. The average molecular weight is 487 g/mol. The molecule has 1 aliphatic heterocycles. The molecule has 4 rings (SSSR count). The number of piperazine rings is 1. The van der Waals surface area contributed by atoms with E-state index < -0.39 is 4.92 Å². The van der Waals surface area contributed by atoms with Crippen LogP contribution < -0.4 is 9.64 Å². The van der Waals surface area contributed by atoms with Crippen LogP contribution in [0.2, 0.25) is 5.02 Å². The summed E-state index contributed by atoms with van der Waals surface area (Å²) in [6.45, 7) is 3.88. The smallest absolute Gasteiger partial charge is 0.274 e.